The van der Waals surface area contributed by atoms with Crippen LogP contribution in [-0.2, 0) is 9.59 Å². The highest BCUT2D eigenvalue weighted by Gasteiger charge is 2.27. The molecule has 25 heavy (non-hydrogen) atoms. The van der Waals surface area contributed by atoms with Crippen LogP contribution in [0, 0.1) is 6.92 Å². The third kappa shape index (κ3) is 3.31. The summed E-state index contributed by atoms with van der Waals surface area (Å²) >= 11 is 6.14. The molecule has 0 aliphatic carbocycles. The number of anilines is 1. The Hall–Kier alpha value is -2.95. The average Bonchev–Trinajstić information content (AvgIpc) is 3.02. The van der Waals surface area contributed by atoms with Crippen LogP contribution in [0.3, 0.4) is 0 Å². The maximum atomic E-state index is 12.9. The van der Waals surface area contributed by atoms with Crippen molar-refractivity contribution < 1.29 is 9.59 Å². The number of aromatic nitrogens is 3. The molecule has 7 heteroatoms. The Balaban J connectivity index is 2.03. The number of nitrogens with zero attached hydrogens (tertiary/aromatic N) is 3. The summed E-state index contributed by atoms with van der Waals surface area (Å²) in [7, 11) is 0. The molecule has 3 rings (SSSR count). The van der Waals surface area contributed by atoms with Crippen molar-refractivity contribution in [2.45, 2.75) is 19.9 Å². The predicted molar refractivity (Wildman–Crippen MR) is 96.3 cm³/mol. The van der Waals surface area contributed by atoms with Crippen molar-refractivity contribution in [3.8, 4) is 0 Å². The molecule has 0 fully saturated rings. The molecule has 0 radical (unpaired) electrons. The molecule has 126 valence electrons. The molecule has 1 amide bonds. The summed E-state index contributed by atoms with van der Waals surface area (Å²) in [6.45, 7) is 3.43. The Morgan fingerprint density at radius 3 is 2.80 bits per heavy atom. The number of carbonyl (C=O) groups is 1. The fourth-order valence-electron chi connectivity index (χ4n) is 2.56. The molecule has 0 saturated carbocycles. The lowest BCUT2D eigenvalue weighted by Gasteiger charge is -2.17. The molecule has 0 aliphatic heterocycles. The number of fused-ring (bicyclic) bond motifs is 1. The highest BCUT2D eigenvalue weighted by molar-refractivity contribution is 6.33. The molecule has 0 bridgehead atoms. The van der Waals surface area contributed by atoms with Gasteiger partial charge >= 0.3 is 0 Å². The minimum atomic E-state index is -0.971. The largest absolute Gasteiger partial charge is 0.323 e. The lowest BCUT2D eigenvalue weighted by Crippen LogP contribution is -2.28. The molecule has 2 aromatic carbocycles. The van der Waals surface area contributed by atoms with Gasteiger partial charge in [0.1, 0.15) is 11.5 Å². The van der Waals surface area contributed by atoms with Crippen LogP contribution in [0.2, 0.25) is 5.02 Å². The van der Waals surface area contributed by atoms with Crippen molar-refractivity contribution in [1.29, 1.82) is 0 Å². The van der Waals surface area contributed by atoms with Crippen molar-refractivity contribution in [2.24, 2.45) is 0 Å². The molecule has 3 aromatic rings. The smallest absolute Gasteiger partial charge is 0.254 e. The molecule has 0 aliphatic rings. The van der Waals surface area contributed by atoms with E-state index in [2.05, 4.69) is 15.6 Å². The second-order valence-corrected chi connectivity index (χ2v) is 6.09. The zero-order valence-corrected chi connectivity index (χ0v) is 14.4. The number of nitrogens with one attached hydrogen (secondary N) is 1. The topological polar surface area (TPSA) is 76.9 Å². The first kappa shape index (κ1) is 16.9. The van der Waals surface area contributed by atoms with Crippen molar-refractivity contribution in [3.05, 3.63) is 58.6 Å². The molecule has 1 aromatic heterocycles. The average molecular weight is 355 g/mol. The van der Waals surface area contributed by atoms with E-state index in [0.717, 1.165) is 5.56 Å². The normalized spacial score (nSPS) is 11.8. The number of amides is 1. The monoisotopic (exact) mass is 354 g/mol. The maximum Gasteiger partial charge on any atom is 0.254 e. The third-order valence-electron chi connectivity index (χ3n) is 3.82. The minimum absolute atomic E-state index is 0.192. The van der Waals surface area contributed by atoms with Crippen LogP contribution in [0.25, 0.3) is 11.0 Å². The van der Waals surface area contributed by atoms with Crippen LogP contribution in [-0.4, -0.2) is 26.8 Å². The van der Waals surface area contributed by atoms with E-state index in [1.54, 1.807) is 30.2 Å². The van der Waals surface area contributed by atoms with E-state index in [9.17, 15) is 9.59 Å². The number of hydrogen-bond donors (Lipinski definition) is 1. The number of para-hydroxylation sites is 1. The summed E-state index contributed by atoms with van der Waals surface area (Å²) in [6.07, 6.45) is 0. The van der Waals surface area contributed by atoms with Gasteiger partial charge in [0, 0.05) is 5.57 Å². The third-order valence-corrected chi connectivity index (χ3v) is 4.15. The summed E-state index contributed by atoms with van der Waals surface area (Å²) in [5.41, 5.74) is 2.89. The van der Waals surface area contributed by atoms with Crippen LogP contribution >= 0.6 is 11.6 Å². The van der Waals surface area contributed by atoms with Gasteiger partial charge in [-0.05, 0) is 43.7 Å². The van der Waals surface area contributed by atoms with Crippen LogP contribution in [0.4, 0.5) is 5.69 Å². The molecule has 1 N–H and O–H groups in total. The summed E-state index contributed by atoms with van der Waals surface area (Å²) in [4.78, 5) is 24.1. The standard InChI is InChI=1S/C18H15ClN4O2/c1-11-7-8-13(19)15(9-11)20-18(25)17(12(2)10-24)23-16-6-4-3-5-14(16)21-22-23/h3-9,17H,1-2H3,(H,20,25). The molecule has 1 unspecified atom stereocenters. The van der Waals surface area contributed by atoms with E-state index >= 15 is 0 Å². The Kier molecular flexibility index (Phi) is 4.65. The Labute approximate surface area is 149 Å². The SMILES string of the molecule is CC(=C=O)C(C(=O)Nc1cc(C)ccc1Cl)n1nnc2ccccc21. The van der Waals surface area contributed by atoms with E-state index in [4.69, 9.17) is 11.6 Å². The number of aryl methyl sites for hydroxylation is 1. The fraction of sp³-hybridized carbons (Fsp3) is 0.167. The van der Waals surface area contributed by atoms with Crippen LogP contribution in [0.1, 0.15) is 18.5 Å². The lowest BCUT2D eigenvalue weighted by molar-refractivity contribution is -0.118. The number of hydrogen-bond acceptors (Lipinski definition) is 4. The van der Waals surface area contributed by atoms with E-state index in [1.807, 2.05) is 25.1 Å². The molecule has 1 atom stereocenters. The van der Waals surface area contributed by atoms with Crippen LogP contribution in [0.15, 0.2) is 48.0 Å². The summed E-state index contributed by atoms with van der Waals surface area (Å²) in [6, 6.07) is 11.5. The Morgan fingerprint density at radius 1 is 1.28 bits per heavy atom. The molecular formula is C18H15ClN4O2. The van der Waals surface area contributed by atoms with Gasteiger partial charge in [-0.3, -0.25) is 4.79 Å². The van der Waals surface area contributed by atoms with E-state index < -0.39 is 11.9 Å². The van der Waals surface area contributed by atoms with Crippen LogP contribution < -0.4 is 5.32 Å². The van der Waals surface area contributed by atoms with Gasteiger partial charge in [-0.1, -0.05) is 35.0 Å². The van der Waals surface area contributed by atoms with Gasteiger partial charge in [-0.25, -0.2) is 9.48 Å². The van der Waals surface area contributed by atoms with Gasteiger partial charge in [0.05, 0.1) is 16.2 Å². The van der Waals surface area contributed by atoms with E-state index in [1.165, 1.54) is 11.6 Å². The van der Waals surface area contributed by atoms with Gasteiger partial charge < -0.3 is 5.32 Å². The summed E-state index contributed by atoms with van der Waals surface area (Å²) < 4.78 is 1.41. The maximum absolute atomic E-state index is 12.9. The lowest BCUT2D eigenvalue weighted by atomic mass is 10.1. The highest BCUT2D eigenvalue weighted by Crippen LogP contribution is 2.26. The number of benzene rings is 2. The molecule has 1 heterocycles. The van der Waals surface area contributed by atoms with E-state index in [0.29, 0.717) is 21.7 Å². The Morgan fingerprint density at radius 2 is 2.04 bits per heavy atom. The van der Waals surface area contributed by atoms with E-state index in [-0.39, 0.29) is 5.57 Å². The molecule has 6 nitrogen and oxygen atoms in total. The number of halogens is 1. The second kappa shape index (κ2) is 6.89. The first-order chi connectivity index (χ1) is 12.0. The first-order valence-electron chi connectivity index (χ1n) is 7.60. The van der Waals surface area contributed by atoms with Gasteiger partial charge in [-0.2, -0.15) is 0 Å². The quantitative estimate of drug-likeness (QED) is 0.729. The molecule has 0 spiro atoms. The number of rotatable bonds is 4. The van der Waals surface area contributed by atoms with Gasteiger partial charge in [0.15, 0.2) is 6.04 Å². The Bertz CT molecular complexity index is 1010. The zero-order valence-electron chi connectivity index (χ0n) is 13.7. The van der Waals surface area contributed by atoms with Crippen molar-refractivity contribution in [3.63, 3.8) is 0 Å². The van der Waals surface area contributed by atoms with Gasteiger partial charge in [-0.15, -0.1) is 5.10 Å². The predicted octanol–water partition coefficient (Wildman–Crippen LogP) is 3.35. The fourth-order valence-corrected chi connectivity index (χ4v) is 2.73. The second-order valence-electron chi connectivity index (χ2n) is 5.68. The summed E-state index contributed by atoms with van der Waals surface area (Å²) in [5, 5.41) is 11.3. The van der Waals surface area contributed by atoms with Crippen molar-refractivity contribution in [2.75, 3.05) is 5.32 Å². The summed E-state index contributed by atoms with van der Waals surface area (Å²) in [5.74, 6) is 1.35. The first-order valence-corrected chi connectivity index (χ1v) is 7.97. The minimum Gasteiger partial charge on any atom is -0.323 e. The highest BCUT2D eigenvalue weighted by atomic mass is 35.5. The number of carbonyl (C=O) groups excluding carboxylic acids is 2. The van der Waals surface area contributed by atoms with Gasteiger partial charge in [0.25, 0.3) is 5.91 Å². The molecular weight excluding hydrogens is 340 g/mol. The zero-order chi connectivity index (χ0) is 18.0. The molecule has 0 saturated heterocycles. The van der Waals surface area contributed by atoms with Crippen molar-refractivity contribution in [1.82, 2.24) is 15.0 Å². The van der Waals surface area contributed by atoms with Gasteiger partial charge in [0.2, 0.25) is 0 Å². The van der Waals surface area contributed by atoms with Crippen molar-refractivity contribution >= 4 is 40.2 Å². The van der Waals surface area contributed by atoms with Crippen LogP contribution in [0.5, 0.6) is 0 Å².